The number of halogens is 1. The Hall–Kier alpha value is -2.47. The van der Waals surface area contributed by atoms with Crippen LogP contribution in [-0.2, 0) is 14.4 Å². The van der Waals surface area contributed by atoms with Crippen molar-refractivity contribution in [2.45, 2.75) is 31.6 Å². The maximum Gasteiger partial charge on any atom is 0.233 e. The van der Waals surface area contributed by atoms with Crippen LogP contribution in [0, 0.1) is 5.92 Å². The Bertz CT molecular complexity index is 877. The fraction of sp³-hybridized carbons (Fsp3) is 0.286. The SMILES string of the molecule is O=C(Nc1ccc(N2C(=O)CCCC2=O)cc1)C1CC1c1ccc(Br)cc1. The van der Waals surface area contributed by atoms with Gasteiger partial charge in [0.25, 0.3) is 0 Å². The molecule has 4 rings (SSSR count). The van der Waals surface area contributed by atoms with Gasteiger partial charge in [0.15, 0.2) is 0 Å². The van der Waals surface area contributed by atoms with Crippen LogP contribution < -0.4 is 10.2 Å². The summed E-state index contributed by atoms with van der Waals surface area (Å²) in [5, 5.41) is 2.93. The first kappa shape index (κ1) is 17.9. The summed E-state index contributed by atoms with van der Waals surface area (Å²) < 4.78 is 1.03. The Morgan fingerprint density at radius 1 is 0.963 bits per heavy atom. The number of carbonyl (C=O) groups excluding carboxylic acids is 3. The van der Waals surface area contributed by atoms with Gasteiger partial charge in [0.1, 0.15) is 0 Å². The highest BCUT2D eigenvalue weighted by atomic mass is 79.9. The van der Waals surface area contributed by atoms with Crippen molar-refractivity contribution in [2.24, 2.45) is 5.92 Å². The van der Waals surface area contributed by atoms with Crippen LogP contribution in [0.2, 0.25) is 0 Å². The lowest BCUT2D eigenvalue weighted by Crippen LogP contribution is -2.40. The van der Waals surface area contributed by atoms with Gasteiger partial charge in [0.2, 0.25) is 17.7 Å². The number of imide groups is 1. The van der Waals surface area contributed by atoms with Crippen molar-refractivity contribution in [3.8, 4) is 0 Å². The number of rotatable bonds is 4. The quantitative estimate of drug-likeness (QED) is 0.743. The highest BCUT2D eigenvalue weighted by Crippen LogP contribution is 2.48. The van der Waals surface area contributed by atoms with Crippen molar-refractivity contribution in [1.82, 2.24) is 0 Å². The van der Waals surface area contributed by atoms with Crippen LogP contribution in [0.5, 0.6) is 0 Å². The smallest absolute Gasteiger partial charge is 0.233 e. The molecule has 0 spiro atoms. The van der Waals surface area contributed by atoms with E-state index in [0.717, 1.165) is 10.9 Å². The van der Waals surface area contributed by atoms with Crippen LogP contribution in [0.15, 0.2) is 53.0 Å². The number of carbonyl (C=O) groups is 3. The third-order valence-electron chi connectivity index (χ3n) is 5.10. The summed E-state index contributed by atoms with van der Waals surface area (Å²) in [6.07, 6.45) is 2.25. The minimum atomic E-state index is -0.168. The molecule has 2 atom stereocenters. The number of nitrogens with one attached hydrogen (secondary N) is 1. The molecule has 1 saturated carbocycles. The lowest BCUT2D eigenvalue weighted by atomic mass is 10.1. The minimum absolute atomic E-state index is 0.000735. The minimum Gasteiger partial charge on any atom is -0.326 e. The lowest BCUT2D eigenvalue weighted by molar-refractivity contribution is -0.129. The molecule has 2 aliphatic rings. The summed E-state index contributed by atoms with van der Waals surface area (Å²) >= 11 is 3.42. The van der Waals surface area contributed by atoms with E-state index in [2.05, 4.69) is 21.2 Å². The lowest BCUT2D eigenvalue weighted by Gasteiger charge is -2.24. The first-order chi connectivity index (χ1) is 13.0. The first-order valence-corrected chi connectivity index (χ1v) is 9.84. The van der Waals surface area contributed by atoms with Crippen LogP contribution in [0.4, 0.5) is 11.4 Å². The average Bonchev–Trinajstić information content (AvgIpc) is 3.44. The van der Waals surface area contributed by atoms with Gasteiger partial charge in [-0.15, -0.1) is 0 Å². The molecule has 2 unspecified atom stereocenters. The molecule has 27 heavy (non-hydrogen) atoms. The van der Waals surface area contributed by atoms with E-state index in [9.17, 15) is 14.4 Å². The third kappa shape index (κ3) is 3.81. The van der Waals surface area contributed by atoms with Gasteiger partial charge in [0, 0.05) is 28.9 Å². The molecule has 0 bridgehead atoms. The zero-order valence-corrected chi connectivity index (χ0v) is 16.2. The summed E-state index contributed by atoms with van der Waals surface area (Å²) in [6.45, 7) is 0. The Labute approximate surface area is 165 Å². The molecule has 0 radical (unpaired) electrons. The highest BCUT2D eigenvalue weighted by Gasteiger charge is 2.43. The van der Waals surface area contributed by atoms with E-state index in [1.165, 1.54) is 10.5 Å². The molecule has 1 aliphatic carbocycles. The molecule has 6 heteroatoms. The molecule has 2 aromatic carbocycles. The number of hydrogen-bond acceptors (Lipinski definition) is 3. The summed E-state index contributed by atoms with van der Waals surface area (Å²) in [6, 6.07) is 15.0. The van der Waals surface area contributed by atoms with Crippen molar-refractivity contribution >= 4 is 45.0 Å². The van der Waals surface area contributed by atoms with E-state index in [1.54, 1.807) is 24.3 Å². The van der Waals surface area contributed by atoms with Crippen molar-refractivity contribution in [3.63, 3.8) is 0 Å². The van der Waals surface area contributed by atoms with Gasteiger partial charge >= 0.3 is 0 Å². The first-order valence-electron chi connectivity index (χ1n) is 9.05. The zero-order chi connectivity index (χ0) is 19.0. The van der Waals surface area contributed by atoms with Crippen LogP contribution in [-0.4, -0.2) is 17.7 Å². The molecule has 1 aliphatic heterocycles. The second-order valence-electron chi connectivity index (χ2n) is 7.01. The maximum absolute atomic E-state index is 12.5. The second kappa shape index (κ2) is 7.27. The molecular weight excluding hydrogens is 408 g/mol. The van der Waals surface area contributed by atoms with Crippen LogP contribution in [0.3, 0.4) is 0 Å². The number of nitrogens with zero attached hydrogens (tertiary/aromatic N) is 1. The van der Waals surface area contributed by atoms with E-state index in [0.29, 0.717) is 30.6 Å². The van der Waals surface area contributed by atoms with Crippen molar-refractivity contribution in [1.29, 1.82) is 0 Å². The molecule has 1 heterocycles. The van der Waals surface area contributed by atoms with Gasteiger partial charge in [-0.1, -0.05) is 28.1 Å². The predicted molar refractivity (Wildman–Crippen MR) is 106 cm³/mol. The van der Waals surface area contributed by atoms with E-state index in [4.69, 9.17) is 0 Å². The molecular formula is C21H19BrN2O3. The Balaban J connectivity index is 1.39. The fourth-order valence-electron chi connectivity index (χ4n) is 3.53. The van der Waals surface area contributed by atoms with Crippen LogP contribution in [0.25, 0.3) is 0 Å². The van der Waals surface area contributed by atoms with Gasteiger partial charge in [-0.2, -0.15) is 0 Å². The highest BCUT2D eigenvalue weighted by molar-refractivity contribution is 9.10. The Kier molecular flexibility index (Phi) is 4.83. The summed E-state index contributed by atoms with van der Waals surface area (Å²) in [5.74, 6) is -0.0884. The van der Waals surface area contributed by atoms with Gasteiger partial charge in [0.05, 0.1) is 5.69 Å². The number of amides is 3. The van der Waals surface area contributed by atoms with E-state index in [1.807, 2.05) is 24.3 Å². The number of piperidine rings is 1. The van der Waals surface area contributed by atoms with E-state index in [-0.39, 0.29) is 29.6 Å². The van der Waals surface area contributed by atoms with Gasteiger partial charge in [-0.25, -0.2) is 0 Å². The number of hydrogen-bond donors (Lipinski definition) is 1. The third-order valence-corrected chi connectivity index (χ3v) is 5.63. The van der Waals surface area contributed by atoms with Crippen molar-refractivity contribution < 1.29 is 14.4 Å². The summed E-state index contributed by atoms with van der Waals surface area (Å²) in [7, 11) is 0. The maximum atomic E-state index is 12.5. The average molecular weight is 427 g/mol. The molecule has 2 aromatic rings. The van der Waals surface area contributed by atoms with Gasteiger partial charge < -0.3 is 5.32 Å². The monoisotopic (exact) mass is 426 g/mol. The zero-order valence-electron chi connectivity index (χ0n) is 14.7. The van der Waals surface area contributed by atoms with E-state index >= 15 is 0 Å². The molecule has 5 nitrogen and oxygen atoms in total. The van der Waals surface area contributed by atoms with Crippen molar-refractivity contribution in [3.05, 3.63) is 58.6 Å². The molecule has 3 amide bonds. The largest absolute Gasteiger partial charge is 0.326 e. The second-order valence-corrected chi connectivity index (χ2v) is 7.93. The standard InChI is InChI=1S/C21H19BrN2O3/c22-14-6-4-13(5-7-14)17-12-18(17)21(27)23-15-8-10-16(11-9-15)24-19(25)2-1-3-20(24)26/h4-11,17-18H,1-3,12H2,(H,23,27). The van der Waals surface area contributed by atoms with Crippen LogP contribution >= 0.6 is 15.9 Å². The Morgan fingerprint density at radius 3 is 2.22 bits per heavy atom. The molecule has 2 fully saturated rings. The summed E-state index contributed by atoms with van der Waals surface area (Å²) in [4.78, 5) is 37.7. The molecule has 1 saturated heterocycles. The number of anilines is 2. The molecule has 138 valence electrons. The van der Waals surface area contributed by atoms with Gasteiger partial charge in [-0.05, 0) is 60.7 Å². The van der Waals surface area contributed by atoms with E-state index < -0.39 is 0 Å². The summed E-state index contributed by atoms with van der Waals surface area (Å²) in [5.41, 5.74) is 2.40. The molecule has 1 N–H and O–H groups in total. The normalized spacial score (nSPS) is 21.9. The van der Waals surface area contributed by atoms with Crippen LogP contribution in [0.1, 0.15) is 37.2 Å². The number of benzene rings is 2. The Morgan fingerprint density at radius 2 is 1.59 bits per heavy atom. The fourth-order valence-corrected chi connectivity index (χ4v) is 3.80. The molecule has 0 aromatic heterocycles. The van der Waals surface area contributed by atoms with Gasteiger partial charge in [-0.3, -0.25) is 19.3 Å². The van der Waals surface area contributed by atoms with Crippen molar-refractivity contribution in [2.75, 3.05) is 10.2 Å². The predicted octanol–water partition coefficient (Wildman–Crippen LogP) is 4.23. The topological polar surface area (TPSA) is 66.5 Å².